The third-order valence-corrected chi connectivity index (χ3v) is 6.26. The van der Waals surface area contributed by atoms with Gasteiger partial charge in [0.2, 0.25) is 0 Å². The first-order valence-electron chi connectivity index (χ1n) is 8.70. The zero-order valence-corrected chi connectivity index (χ0v) is 18.1. The highest BCUT2D eigenvalue weighted by molar-refractivity contribution is 7.44. The van der Waals surface area contributed by atoms with E-state index in [1.165, 1.54) is 0 Å². The van der Waals surface area contributed by atoms with Gasteiger partial charge in [-0.25, -0.2) is 4.67 Å². The average Bonchev–Trinajstić information content (AvgIpc) is 2.59. The van der Waals surface area contributed by atoms with Crippen molar-refractivity contribution in [3.05, 3.63) is 69.7 Å². The third kappa shape index (κ3) is 6.81. The molecule has 0 fully saturated rings. The summed E-state index contributed by atoms with van der Waals surface area (Å²) in [7, 11) is -1.20. The summed E-state index contributed by atoms with van der Waals surface area (Å²) in [6.07, 6.45) is 0. The molecule has 0 heterocycles. The van der Waals surface area contributed by atoms with Crippen molar-refractivity contribution in [2.24, 2.45) is 0 Å². The van der Waals surface area contributed by atoms with E-state index in [0.717, 1.165) is 21.2 Å². The molecule has 0 radical (unpaired) electrons. The molecule has 0 aromatic heterocycles. The molecule has 2 aromatic carbocycles. The summed E-state index contributed by atoms with van der Waals surface area (Å²) in [6, 6.07) is 16.0. The predicted octanol–water partition coefficient (Wildman–Crippen LogP) is 7.07. The van der Waals surface area contributed by atoms with Crippen LogP contribution < -0.4 is 0 Å². The molecule has 0 saturated carbocycles. The second-order valence-electron chi connectivity index (χ2n) is 6.61. The molecule has 142 valence electrons. The first kappa shape index (κ1) is 21.6. The Balaban J connectivity index is 2.06. The number of halogens is 2. The fourth-order valence-electron chi connectivity index (χ4n) is 2.56. The maximum Gasteiger partial charge on any atom is 0.259 e. The van der Waals surface area contributed by atoms with Crippen molar-refractivity contribution in [2.75, 3.05) is 0 Å². The van der Waals surface area contributed by atoms with Crippen molar-refractivity contribution in [2.45, 2.75) is 53.0 Å². The number of hydrogen-bond donors (Lipinski definition) is 0. The van der Waals surface area contributed by atoms with E-state index < -0.39 is 8.53 Å². The zero-order valence-electron chi connectivity index (χ0n) is 15.7. The van der Waals surface area contributed by atoms with Gasteiger partial charge >= 0.3 is 0 Å². The van der Waals surface area contributed by atoms with Crippen LogP contribution in [0.5, 0.6) is 0 Å². The van der Waals surface area contributed by atoms with Gasteiger partial charge < -0.3 is 9.05 Å². The molecular formula is C20H26Cl2NO2P. The lowest BCUT2D eigenvalue weighted by atomic mass is 10.2. The second-order valence-corrected chi connectivity index (χ2v) is 8.93. The van der Waals surface area contributed by atoms with Crippen LogP contribution in [0.2, 0.25) is 10.0 Å². The highest BCUT2D eigenvalue weighted by Gasteiger charge is 2.27. The van der Waals surface area contributed by atoms with E-state index in [9.17, 15) is 0 Å². The van der Waals surface area contributed by atoms with Gasteiger partial charge in [-0.2, -0.15) is 0 Å². The van der Waals surface area contributed by atoms with Crippen molar-refractivity contribution in [1.82, 2.24) is 4.67 Å². The van der Waals surface area contributed by atoms with Gasteiger partial charge in [-0.1, -0.05) is 47.5 Å². The van der Waals surface area contributed by atoms with Crippen LogP contribution in [-0.2, 0) is 22.3 Å². The minimum atomic E-state index is -1.20. The molecule has 0 N–H and O–H groups in total. The number of hydrogen-bond acceptors (Lipinski definition) is 3. The van der Waals surface area contributed by atoms with Gasteiger partial charge in [0, 0.05) is 22.1 Å². The lowest BCUT2D eigenvalue weighted by Gasteiger charge is -2.35. The SMILES string of the molecule is CC(C)N(C(C)C)P(OCc1ccc(Cl)cc1)OCc1ccc(Cl)cc1. The maximum atomic E-state index is 6.20. The Morgan fingerprint density at radius 3 is 1.38 bits per heavy atom. The second kappa shape index (κ2) is 10.6. The van der Waals surface area contributed by atoms with Crippen molar-refractivity contribution in [3.8, 4) is 0 Å². The molecule has 0 atom stereocenters. The summed E-state index contributed by atoms with van der Waals surface area (Å²) >= 11 is 11.9. The molecule has 0 unspecified atom stereocenters. The van der Waals surface area contributed by atoms with Crippen LogP contribution in [0, 0.1) is 0 Å². The quantitative estimate of drug-likeness (QED) is 0.410. The highest BCUT2D eigenvalue weighted by Crippen LogP contribution is 2.47. The summed E-state index contributed by atoms with van der Waals surface area (Å²) in [5.74, 6) is 0. The summed E-state index contributed by atoms with van der Waals surface area (Å²) in [4.78, 5) is 0. The Morgan fingerprint density at radius 2 is 1.08 bits per heavy atom. The molecular weight excluding hydrogens is 388 g/mol. The highest BCUT2D eigenvalue weighted by atomic mass is 35.5. The number of benzene rings is 2. The van der Waals surface area contributed by atoms with Crippen LogP contribution in [0.15, 0.2) is 48.5 Å². The van der Waals surface area contributed by atoms with Gasteiger partial charge in [-0.3, -0.25) is 0 Å². The molecule has 0 aliphatic heterocycles. The summed E-state index contributed by atoms with van der Waals surface area (Å²) in [6.45, 7) is 9.61. The molecule has 2 aromatic rings. The van der Waals surface area contributed by atoms with Crippen LogP contribution in [0.3, 0.4) is 0 Å². The van der Waals surface area contributed by atoms with Gasteiger partial charge in [0.25, 0.3) is 8.53 Å². The molecule has 0 saturated heterocycles. The van der Waals surface area contributed by atoms with Crippen molar-refractivity contribution in [3.63, 3.8) is 0 Å². The fourth-order valence-corrected chi connectivity index (χ4v) is 4.43. The van der Waals surface area contributed by atoms with E-state index >= 15 is 0 Å². The monoisotopic (exact) mass is 413 g/mol. The van der Waals surface area contributed by atoms with Crippen LogP contribution in [0.25, 0.3) is 0 Å². The van der Waals surface area contributed by atoms with Crippen LogP contribution in [0.1, 0.15) is 38.8 Å². The standard InChI is InChI=1S/C20H26Cl2NO2P/c1-15(2)23(16(3)4)26(24-13-17-5-9-19(21)10-6-17)25-14-18-7-11-20(22)12-8-18/h5-12,15-16H,13-14H2,1-4H3. The van der Waals surface area contributed by atoms with Crippen molar-refractivity contribution < 1.29 is 9.05 Å². The van der Waals surface area contributed by atoms with Crippen LogP contribution in [-0.4, -0.2) is 16.8 Å². The molecule has 3 nitrogen and oxygen atoms in total. The van der Waals surface area contributed by atoms with Gasteiger partial charge in [0.1, 0.15) is 0 Å². The summed E-state index contributed by atoms with van der Waals surface area (Å²) in [5, 5.41) is 1.45. The number of nitrogens with zero attached hydrogens (tertiary/aromatic N) is 1. The van der Waals surface area contributed by atoms with E-state index in [2.05, 4.69) is 32.4 Å². The van der Waals surface area contributed by atoms with Crippen molar-refractivity contribution in [1.29, 1.82) is 0 Å². The van der Waals surface area contributed by atoms with Crippen LogP contribution in [0.4, 0.5) is 0 Å². The Labute approximate surface area is 168 Å². The Bertz CT molecular complexity index is 605. The Kier molecular flexibility index (Phi) is 8.83. The molecule has 2 rings (SSSR count). The van der Waals surface area contributed by atoms with E-state index in [4.69, 9.17) is 32.2 Å². The zero-order chi connectivity index (χ0) is 19.1. The van der Waals surface area contributed by atoms with E-state index in [0.29, 0.717) is 25.3 Å². The van der Waals surface area contributed by atoms with E-state index in [1.54, 1.807) is 0 Å². The minimum Gasteiger partial charge on any atom is -0.317 e. The molecule has 0 amide bonds. The molecule has 6 heteroatoms. The number of rotatable bonds is 9. The first-order valence-corrected chi connectivity index (χ1v) is 10.6. The van der Waals surface area contributed by atoms with Gasteiger partial charge in [-0.15, -0.1) is 0 Å². The van der Waals surface area contributed by atoms with Gasteiger partial charge in [0.05, 0.1) is 13.2 Å². The summed E-state index contributed by atoms with van der Waals surface area (Å²) in [5.41, 5.74) is 2.15. The van der Waals surface area contributed by atoms with Crippen LogP contribution >= 0.6 is 31.7 Å². The smallest absolute Gasteiger partial charge is 0.259 e. The molecule has 0 aliphatic rings. The third-order valence-electron chi connectivity index (χ3n) is 3.76. The normalized spacial score (nSPS) is 11.9. The fraction of sp³-hybridized carbons (Fsp3) is 0.400. The largest absolute Gasteiger partial charge is 0.317 e. The molecule has 26 heavy (non-hydrogen) atoms. The van der Waals surface area contributed by atoms with Gasteiger partial charge in [-0.05, 0) is 63.1 Å². The van der Waals surface area contributed by atoms with Gasteiger partial charge in [0.15, 0.2) is 0 Å². The maximum absolute atomic E-state index is 6.20. The molecule has 0 aliphatic carbocycles. The Morgan fingerprint density at radius 1 is 0.731 bits per heavy atom. The lowest BCUT2D eigenvalue weighted by molar-refractivity contribution is 0.164. The molecule has 0 spiro atoms. The average molecular weight is 414 g/mol. The van der Waals surface area contributed by atoms with E-state index in [1.807, 2.05) is 48.5 Å². The van der Waals surface area contributed by atoms with E-state index in [-0.39, 0.29) is 0 Å². The topological polar surface area (TPSA) is 21.7 Å². The minimum absolute atomic E-state index is 0.316. The summed E-state index contributed by atoms with van der Waals surface area (Å²) < 4.78 is 14.7. The predicted molar refractivity (Wildman–Crippen MR) is 112 cm³/mol. The molecule has 0 bridgehead atoms. The van der Waals surface area contributed by atoms with Crippen molar-refractivity contribution >= 4 is 31.7 Å². The Hall–Kier alpha value is -0.670. The lowest BCUT2D eigenvalue weighted by Crippen LogP contribution is -2.33. The first-order chi connectivity index (χ1) is 12.4.